The van der Waals surface area contributed by atoms with Crippen molar-refractivity contribution in [1.82, 2.24) is 15.6 Å². The van der Waals surface area contributed by atoms with Crippen LogP contribution in [0.4, 0.5) is 4.79 Å². The molecule has 1 aromatic heterocycles. The molecule has 0 saturated carbocycles. The second-order valence-electron chi connectivity index (χ2n) is 3.52. The van der Waals surface area contributed by atoms with Gasteiger partial charge in [0.2, 0.25) is 0 Å². The van der Waals surface area contributed by atoms with Crippen LogP contribution >= 0.6 is 0 Å². The fourth-order valence-electron chi connectivity index (χ4n) is 1.21. The second-order valence-corrected chi connectivity index (χ2v) is 3.52. The molecule has 1 aromatic rings. The molecule has 0 spiro atoms. The first kappa shape index (κ1) is 14.4. The zero-order valence-electron chi connectivity index (χ0n) is 10.00. The zero-order chi connectivity index (χ0) is 14.1. The normalized spacial score (nSPS) is 10.1. The standard InChI is InChI=1S/C12H13N3O4/c16-10(1-2-11(17)18)15-12(19)14-8-5-9-3-6-13-7-4-9/h1-4,6-7H,5,8H2,(H,17,18)(H2,14,15,16,19). The third kappa shape index (κ3) is 6.57. The lowest BCUT2D eigenvalue weighted by Crippen LogP contribution is -2.39. The number of carbonyl (C=O) groups excluding carboxylic acids is 2. The van der Waals surface area contributed by atoms with Gasteiger partial charge in [-0.1, -0.05) is 0 Å². The van der Waals surface area contributed by atoms with E-state index in [2.05, 4.69) is 10.3 Å². The summed E-state index contributed by atoms with van der Waals surface area (Å²) in [6, 6.07) is 2.97. The molecule has 0 fully saturated rings. The maximum absolute atomic E-state index is 11.3. The quantitative estimate of drug-likeness (QED) is 0.652. The van der Waals surface area contributed by atoms with Crippen molar-refractivity contribution < 1.29 is 19.5 Å². The van der Waals surface area contributed by atoms with Gasteiger partial charge in [0.1, 0.15) is 0 Å². The van der Waals surface area contributed by atoms with Crippen LogP contribution in [0.2, 0.25) is 0 Å². The Balaban J connectivity index is 2.25. The molecule has 100 valence electrons. The van der Waals surface area contributed by atoms with Crippen molar-refractivity contribution in [2.45, 2.75) is 6.42 Å². The maximum atomic E-state index is 11.3. The van der Waals surface area contributed by atoms with E-state index in [1.807, 2.05) is 17.4 Å². The average Bonchev–Trinajstić information content (AvgIpc) is 2.37. The van der Waals surface area contributed by atoms with E-state index in [4.69, 9.17) is 5.11 Å². The number of aliphatic carboxylic acids is 1. The van der Waals surface area contributed by atoms with Crippen LogP contribution in [0.25, 0.3) is 0 Å². The van der Waals surface area contributed by atoms with Crippen LogP contribution in [0, 0.1) is 0 Å². The van der Waals surface area contributed by atoms with Crippen molar-refractivity contribution >= 4 is 17.9 Å². The summed E-state index contributed by atoms with van der Waals surface area (Å²) in [6.45, 7) is 0.353. The molecule has 3 N–H and O–H groups in total. The van der Waals surface area contributed by atoms with E-state index in [1.54, 1.807) is 12.4 Å². The highest BCUT2D eigenvalue weighted by atomic mass is 16.4. The van der Waals surface area contributed by atoms with Crippen LogP contribution in [0.5, 0.6) is 0 Å². The van der Waals surface area contributed by atoms with Gasteiger partial charge < -0.3 is 10.4 Å². The molecule has 1 rings (SSSR count). The van der Waals surface area contributed by atoms with Crippen molar-refractivity contribution in [3.8, 4) is 0 Å². The van der Waals surface area contributed by atoms with Gasteiger partial charge in [-0.05, 0) is 24.1 Å². The van der Waals surface area contributed by atoms with Gasteiger partial charge in [-0.3, -0.25) is 15.1 Å². The summed E-state index contributed by atoms with van der Waals surface area (Å²) < 4.78 is 0. The maximum Gasteiger partial charge on any atom is 0.328 e. The number of aromatic nitrogens is 1. The third-order valence-corrected chi connectivity index (χ3v) is 2.06. The molecule has 0 aliphatic rings. The number of imide groups is 1. The van der Waals surface area contributed by atoms with Crippen LogP contribution in [-0.2, 0) is 16.0 Å². The molecule has 0 atom stereocenters. The monoisotopic (exact) mass is 263 g/mol. The minimum Gasteiger partial charge on any atom is -0.478 e. The Morgan fingerprint density at radius 3 is 2.53 bits per heavy atom. The number of urea groups is 1. The molecule has 1 heterocycles. The number of carboxylic acid groups (broad SMARTS) is 1. The van der Waals surface area contributed by atoms with Crippen LogP contribution < -0.4 is 10.6 Å². The number of hydrogen-bond acceptors (Lipinski definition) is 4. The predicted octanol–water partition coefficient (Wildman–Crippen LogP) is 0.0907. The molecule has 0 aromatic carbocycles. The van der Waals surface area contributed by atoms with E-state index in [-0.39, 0.29) is 0 Å². The number of rotatable bonds is 5. The number of nitrogens with zero attached hydrogens (tertiary/aromatic N) is 1. The van der Waals surface area contributed by atoms with E-state index in [9.17, 15) is 14.4 Å². The van der Waals surface area contributed by atoms with Gasteiger partial charge in [-0.2, -0.15) is 0 Å². The molecule has 3 amide bonds. The summed E-state index contributed by atoms with van der Waals surface area (Å²) in [7, 11) is 0. The lowest BCUT2D eigenvalue weighted by Gasteiger charge is -2.04. The summed E-state index contributed by atoms with van der Waals surface area (Å²) in [5.41, 5.74) is 1.01. The van der Waals surface area contributed by atoms with Gasteiger partial charge in [0.05, 0.1) is 0 Å². The first-order valence-electron chi connectivity index (χ1n) is 5.46. The highest BCUT2D eigenvalue weighted by molar-refractivity contribution is 6.02. The van der Waals surface area contributed by atoms with Gasteiger partial charge in [0.25, 0.3) is 5.91 Å². The Morgan fingerprint density at radius 1 is 1.21 bits per heavy atom. The third-order valence-electron chi connectivity index (χ3n) is 2.06. The van der Waals surface area contributed by atoms with Crippen LogP contribution in [-0.4, -0.2) is 34.5 Å². The van der Waals surface area contributed by atoms with Crippen molar-refractivity contribution in [2.24, 2.45) is 0 Å². The van der Waals surface area contributed by atoms with Crippen molar-refractivity contribution in [1.29, 1.82) is 0 Å². The van der Waals surface area contributed by atoms with Gasteiger partial charge in [0.15, 0.2) is 0 Å². The SMILES string of the molecule is O=C(O)C=CC(=O)NC(=O)NCCc1ccncc1. The van der Waals surface area contributed by atoms with Gasteiger partial charge in [0, 0.05) is 31.1 Å². The summed E-state index contributed by atoms with van der Waals surface area (Å²) in [5.74, 6) is -2.04. The fraction of sp³-hybridized carbons (Fsp3) is 0.167. The van der Waals surface area contributed by atoms with Crippen molar-refractivity contribution in [2.75, 3.05) is 6.54 Å². The molecular formula is C12H13N3O4. The van der Waals surface area contributed by atoms with Crippen LogP contribution in [0.3, 0.4) is 0 Å². The Hall–Kier alpha value is -2.70. The molecule has 0 aliphatic heterocycles. The lowest BCUT2D eigenvalue weighted by atomic mass is 10.2. The largest absolute Gasteiger partial charge is 0.478 e. The van der Waals surface area contributed by atoms with Crippen molar-refractivity contribution in [3.63, 3.8) is 0 Å². The number of carbonyl (C=O) groups is 3. The summed E-state index contributed by atoms with van der Waals surface area (Å²) in [4.78, 5) is 36.3. The first-order chi connectivity index (χ1) is 9.08. The van der Waals surface area contributed by atoms with E-state index >= 15 is 0 Å². The van der Waals surface area contributed by atoms with E-state index in [0.717, 1.165) is 11.6 Å². The van der Waals surface area contributed by atoms with Crippen molar-refractivity contribution in [3.05, 3.63) is 42.2 Å². The van der Waals surface area contributed by atoms with Gasteiger partial charge in [-0.15, -0.1) is 0 Å². The molecule has 19 heavy (non-hydrogen) atoms. The number of carboxylic acids is 1. The Labute approximate surface area is 109 Å². The molecule has 0 aliphatic carbocycles. The first-order valence-corrected chi connectivity index (χ1v) is 5.46. The summed E-state index contributed by atoms with van der Waals surface area (Å²) in [6.07, 6.45) is 5.32. The molecule has 0 radical (unpaired) electrons. The minimum atomic E-state index is -1.26. The van der Waals surface area contributed by atoms with Crippen LogP contribution in [0.1, 0.15) is 5.56 Å². The predicted molar refractivity (Wildman–Crippen MR) is 66.3 cm³/mol. The Kier molecular flexibility index (Phi) is 5.74. The average molecular weight is 263 g/mol. The molecular weight excluding hydrogens is 250 g/mol. The molecule has 0 saturated heterocycles. The van der Waals surface area contributed by atoms with E-state index in [1.165, 1.54) is 0 Å². The number of hydrogen-bond donors (Lipinski definition) is 3. The lowest BCUT2D eigenvalue weighted by molar-refractivity contribution is -0.131. The Morgan fingerprint density at radius 2 is 1.89 bits per heavy atom. The smallest absolute Gasteiger partial charge is 0.328 e. The summed E-state index contributed by atoms with van der Waals surface area (Å²) in [5, 5.41) is 12.7. The second kappa shape index (κ2) is 7.59. The topological polar surface area (TPSA) is 108 Å². The highest BCUT2D eigenvalue weighted by Crippen LogP contribution is 1.95. The molecule has 7 heteroatoms. The van der Waals surface area contributed by atoms with E-state index < -0.39 is 17.9 Å². The van der Waals surface area contributed by atoms with Gasteiger partial charge >= 0.3 is 12.0 Å². The Bertz CT molecular complexity index is 485. The fourth-order valence-corrected chi connectivity index (χ4v) is 1.21. The summed E-state index contributed by atoms with van der Waals surface area (Å²) >= 11 is 0. The highest BCUT2D eigenvalue weighted by Gasteiger charge is 2.04. The zero-order valence-corrected chi connectivity index (χ0v) is 10.00. The minimum absolute atomic E-state index is 0.353. The van der Waals surface area contributed by atoms with Gasteiger partial charge in [-0.25, -0.2) is 9.59 Å². The molecule has 0 bridgehead atoms. The van der Waals surface area contributed by atoms with E-state index in [0.29, 0.717) is 19.0 Å². The number of pyridine rings is 1. The van der Waals surface area contributed by atoms with Crippen LogP contribution in [0.15, 0.2) is 36.7 Å². The number of amides is 3. The molecule has 7 nitrogen and oxygen atoms in total. The number of nitrogens with one attached hydrogen (secondary N) is 2. The molecule has 0 unspecified atom stereocenters.